The third kappa shape index (κ3) is 5.09. The summed E-state index contributed by atoms with van der Waals surface area (Å²) in [7, 11) is 0. The SMILES string of the molecule is CC1=C(C(=O)OC(C)C)[C@@H](c2ccccc2C)N2C(CC(=O)NCc3ccccc3)=CSC2=N1. The van der Waals surface area contributed by atoms with Crippen LogP contribution in [0, 0.1) is 6.92 Å². The van der Waals surface area contributed by atoms with Crippen molar-refractivity contribution in [3.8, 4) is 0 Å². The van der Waals surface area contributed by atoms with Crippen molar-refractivity contribution >= 4 is 28.8 Å². The number of carbonyl (C=O) groups is 2. The van der Waals surface area contributed by atoms with Gasteiger partial charge >= 0.3 is 5.97 Å². The molecule has 1 amide bonds. The van der Waals surface area contributed by atoms with Gasteiger partial charge in [0, 0.05) is 12.2 Å². The summed E-state index contributed by atoms with van der Waals surface area (Å²) in [6.45, 7) is 8.01. The number of rotatable bonds is 7. The molecule has 0 aliphatic carbocycles. The van der Waals surface area contributed by atoms with Crippen molar-refractivity contribution in [1.82, 2.24) is 10.2 Å². The summed E-state index contributed by atoms with van der Waals surface area (Å²) in [6.07, 6.45) is -0.0605. The maximum absolute atomic E-state index is 13.2. The van der Waals surface area contributed by atoms with Gasteiger partial charge in [-0.05, 0) is 49.8 Å². The van der Waals surface area contributed by atoms with Gasteiger partial charge in [-0.2, -0.15) is 0 Å². The number of aryl methyl sites for hydroxylation is 1. The van der Waals surface area contributed by atoms with Crippen LogP contribution in [0.5, 0.6) is 0 Å². The average molecular weight is 476 g/mol. The maximum atomic E-state index is 13.2. The highest BCUT2D eigenvalue weighted by molar-refractivity contribution is 8.16. The van der Waals surface area contributed by atoms with Gasteiger partial charge < -0.3 is 15.0 Å². The van der Waals surface area contributed by atoms with Gasteiger partial charge in [0.15, 0.2) is 5.17 Å². The summed E-state index contributed by atoms with van der Waals surface area (Å²) in [4.78, 5) is 32.8. The van der Waals surface area contributed by atoms with Gasteiger partial charge in [-0.3, -0.25) is 4.79 Å². The summed E-state index contributed by atoms with van der Waals surface area (Å²) < 4.78 is 5.61. The smallest absolute Gasteiger partial charge is 0.338 e. The Labute approximate surface area is 204 Å². The fraction of sp³-hybridized carbons (Fsp3) is 0.296. The lowest BCUT2D eigenvalue weighted by atomic mass is 9.91. The van der Waals surface area contributed by atoms with Crippen molar-refractivity contribution in [3.63, 3.8) is 0 Å². The van der Waals surface area contributed by atoms with Crippen LogP contribution in [0.3, 0.4) is 0 Å². The van der Waals surface area contributed by atoms with Crippen molar-refractivity contribution in [2.45, 2.75) is 52.8 Å². The van der Waals surface area contributed by atoms with Crippen LogP contribution in [0.2, 0.25) is 0 Å². The minimum Gasteiger partial charge on any atom is -0.459 e. The number of aliphatic imine (C=N–C) groups is 1. The van der Waals surface area contributed by atoms with Gasteiger partial charge in [0.25, 0.3) is 0 Å². The molecular weight excluding hydrogens is 446 g/mol. The fourth-order valence-corrected chi connectivity index (χ4v) is 5.08. The van der Waals surface area contributed by atoms with E-state index in [0.717, 1.165) is 27.6 Å². The van der Waals surface area contributed by atoms with E-state index in [2.05, 4.69) is 5.32 Å². The van der Waals surface area contributed by atoms with Crippen LogP contribution in [-0.4, -0.2) is 28.0 Å². The molecule has 0 spiro atoms. The van der Waals surface area contributed by atoms with E-state index < -0.39 is 6.04 Å². The molecule has 2 heterocycles. The van der Waals surface area contributed by atoms with Crippen molar-refractivity contribution in [1.29, 1.82) is 0 Å². The molecule has 1 atom stereocenters. The van der Waals surface area contributed by atoms with Crippen molar-refractivity contribution in [3.05, 3.63) is 93.7 Å². The molecule has 0 radical (unpaired) electrons. The molecule has 1 N–H and O–H groups in total. The Balaban J connectivity index is 1.63. The van der Waals surface area contributed by atoms with Crippen molar-refractivity contribution < 1.29 is 14.3 Å². The number of hydrogen-bond acceptors (Lipinski definition) is 6. The summed E-state index contributed by atoms with van der Waals surface area (Å²) in [5, 5.41) is 5.71. The highest BCUT2D eigenvalue weighted by Crippen LogP contribution is 2.45. The molecule has 2 aliphatic heterocycles. The Kier molecular flexibility index (Phi) is 7.22. The largest absolute Gasteiger partial charge is 0.459 e. The van der Waals surface area contributed by atoms with Crippen LogP contribution in [0.25, 0.3) is 0 Å². The number of esters is 1. The van der Waals surface area contributed by atoms with E-state index in [1.54, 1.807) is 0 Å². The molecule has 2 aliphatic rings. The quantitative estimate of drug-likeness (QED) is 0.556. The zero-order valence-corrected chi connectivity index (χ0v) is 20.7. The van der Waals surface area contributed by atoms with Gasteiger partial charge in [0.05, 0.1) is 29.8 Å². The van der Waals surface area contributed by atoms with Crippen molar-refractivity contribution in [2.24, 2.45) is 4.99 Å². The Hall–Kier alpha value is -3.32. The molecule has 0 aromatic heterocycles. The van der Waals surface area contributed by atoms with Gasteiger partial charge in [0.2, 0.25) is 5.91 Å². The number of amides is 1. The highest BCUT2D eigenvalue weighted by atomic mass is 32.2. The lowest BCUT2D eigenvalue weighted by molar-refractivity contribution is -0.143. The first-order valence-corrected chi connectivity index (χ1v) is 12.2. The second-order valence-corrected chi connectivity index (χ2v) is 9.48. The molecule has 4 rings (SSSR count). The standard InChI is InChI=1S/C27H29N3O3S/c1-17(2)33-26(32)24-19(4)29-27-30(25(24)22-13-9-8-10-18(22)3)21(16-34-27)14-23(31)28-15-20-11-6-5-7-12-20/h5-13,16-17,25H,14-15H2,1-4H3,(H,28,31)/t25-/m1/s1. The summed E-state index contributed by atoms with van der Waals surface area (Å²) in [5.74, 6) is -0.466. The third-order valence-corrected chi connectivity index (χ3v) is 6.61. The Morgan fingerprint density at radius 2 is 1.79 bits per heavy atom. The third-order valence-electron chi connectivity index (χ3n) is 5.72. The van der Waals surface area contributed by atoms with Crippen LogP contribution < -0.4 is 5.32 Å². The van der Waals surface area contributed by atoms with E-state index in [9.17, 15) is 9.59 Å². The van der Waals surface area contributed by atoms with Crippen LogP contribution in [0.4, 0.5) is 0 Å². The monoisotopic (exact) mass is 475 g/mol. The number of carbonyl (C=O) groups excluding carboxylic acids is 2. The van der Waals surface area contributed by atoms with Crippen LogP contribution in [0.15, 0.2) is 82.0 Å². The molecule has 0 saturated carbocycles. The van der Waals surface area contributed by atoms with E-state index in [1.165, 1.54) is 11.8 Å². The first kappa shape index (κ1) is 23.8. The van der Waals surface area contributed by atoms with Gasteiger partial charge in [-0.15, -0.1) is 0 Å². The lowest BCUT2D eigenvalue weighted by Crippen LogP contribution is -2.38. The van der Waals surface area contributed by atoms with E-state index in [4.69, 9.17) is 9.73 Å². The molecular formula is C27H29N3O3S. The first-order valence-electron chi connectivity index (χ1n) is 11.4. The lowest BCUT2D eigenvalue weighted by Gasteiger charge is -2.37. The molecule has 7 heteroatoms. The fourth-order valence-electron chi connectivity index (χ4n) is 4.12. The van der Waals surface area contributed by atoms with Crippen molar-refractivity contribution in [2.75, 3.05) is 0 Å². The number of hydrogen-bond donors (Lipinski definition) is 1. The Morgan fingerprint density at radius 1 is 1.09 bits per heavy atom. The van der Waals surface area contributed by atoms with E-state index in [1.807, 2.05) is 92.6 Å². The minimum absolute atomic E-state index is 0.0851. The number of allylic oxidation sites excluding steroid dienone is 1. The molecule has 176 valence electrons. The van der Waals surface area contributed by atoms with Crippen LogP contribution in [-0.2, 0) is 20.9 Å². The second-order valence-electron chi connectivity index (χ2n) is 8.64. The molecule has 0 unspecified atom stereocenters. The summed E-state index contributed by atoms with van der Waals surface area (Å²) >= 11 is 1.47. The normalized spacial score (nSPS) is 17.3. The molecule has 0 bridgehead atoms. The van der Waals surface area contributed by atoms with Gasteiger partial charge in [-0.25, -0.2) is 9.79 Å². The molecule has 2 aromatic carbocycles. The number of nitrogens with one attached hydrogen (secondary N) is 1. The number of nitrogens with zero attached hydrogens (tertiary/aromatic N) is 2. The topological polar surface area (TPSA) is 71.0 Å². The summed E-state index contributed by atoms with van der Waals surface area (Å²) in [5.41, 5.74) is 5.04. The maximum Gasteiger partial charge on any atom is 0.338 e. The van der Waals surface area contributed by atoms with E-state index in [0.29, 0.717) is 17.8 Å². The van der Waals surface area contributed by atoms with Crippen LogP contribution >= 0.6 is 11.8 Å². The predicted molar refractivity (Wildman–Crippen MR) is 136 cm³/mol. The summed E-state index contributed by atoms with van der Waals surface area (Å²) in [6, 6.07) is 17.4. The molecule has 0 saturated heterocycles. The Morgan fingerprint density at radius 3 is 2.50 bits per heavy atom. The number of thioether (sulfide) groups is 1. The molecule has 0 fully saturated rings. The van der Waals surface area contributed by atoms with Gasteiger partial charge in [0.1, 0.15) is 0 Å². The van der Waals surface area contributed by atoms with Gasteiger partial charge in [-0.1, -0.05) is 66.4 Å². The predicted octanol–water partition coefficient (Wildman–Crippen LogP) is 5.23. The minimum atomic E-state index is -0.414. The van der Waals surface area contributed by atoms with E-state index in [-0.39, 0.29) is 24.4 Å². The number of fused-ring (bicyclic) bond motifs is 1. The highest BCUT2D eigenvalue weighted by Gasteiger charge is 2.41. The number of benzene rings is 2. The molecule has 34 heavy (non-hydrogen) atoms. The molecule has 6 nitrogen and oxygen atoms in total. The number of ether oxygens (including phenoxy) is 1. The number of amidine groups is 1. The van der Waals surface area contributed by atoms with E-state index >= 15 is 0 Å². The zero-order chi connectivity index (χ0) is 24.2. The second kappa shape index (κ2) is 10.3. The average Bonchev–Trinajstić information content (AvgIpc) is 3.19. The zero-order valence-electron chi connectivity index (χ0n) is 19.9. The van der Waals surface area contributed by atoms with Crippen LogP contribution in [0.1, 0.15) is 49.9 Å². The Bertz CT molecular complexity index is 1180. The first-order chi connectivity index (χ1) is 16.3. The molecule has 2 aromatic rings.